The predicted octanol–water partition coefficient (Wildman–Crippen LogP) is 3.69. The van der Waals surface area contributed by atoms with Gasteiger partial charge in [-0.3, -0.25) is 9.55 Å². The maximum Gasteiger partial charge on any atom is 0.225 e. The van der Waals surface area contributed by atoms with Crippen LogP contribution in [0.2, 0.25) is 0 Å². The van der Waals surface area contributed by atoms with Crippen LogP contribution in [-0.4, -0.2) is 38.2 Å². The van der Waals surface area contributed by atoms with Crippen molar-refractivity contribution in [2.24, 2.45) is 0 Å². The van der Waals surface area contributed by atoms with Crippen LogP contribution in [0.15, 0.2) is 54.9 Å². The molecule has 148 valence electrons. The number of nitrogens with one attached hydrogen (secondary N) is 1. The molecule has 0 bridgehead atoms. The van der Waals surface area contributed by atoms with Gasteiger partial charge in [0.2, 0.25) is 5.95 Å². The van der Waals surface area contributed by atoms with Crippen LogP contribution in [0, 0.1) is 13.8 Å². The summed E-state index contributed by atoms with van der Waals surface area (Å²) in [5.41, 5.74) is 4.65. The molecule has 1 aromatic carbocycles. The number of pyridine rings is 1. The first-order chi connectivity index (χ1) is 14.2. The number of aryl methyl sites for hydroxylation is 2. The molecule has 0 fully saturated rings. The average molecular weight is 388 g/mol. The van der Waals surface area contributed by atoms with E-state index in [9.17, 15) is 0 Å². The second-order valence-corrected chi connectivity index (χ2v) is 6.86. The van der Waals surface area contributed by atoms with Crippen LogP contribution in [-0.2, 0) is 11.2 Å². The minimum absolute atomic E-state index is 0.305. The minimum Gasteiger partial charge on any atom is -0.357 e. The van der Waals surface area contributed by atoms with Gasteiger partial charge in [-0.1, -0.05) is 30.3 Å². The highest BCUT2D eigenvalue weighted by molar-refractivity contribution is 5.75. The summed E-state index contributed by atoms with van der Waals surface area (Å²) in [5, 5.41) is 3.33. The van der Waals surface area contributed by atoms with Crippen LogP contribution in [0.5, 0.6) is 0 Å². The standard InChI is InChI=1S/C22H24N6O/c1-15-19-20(27-22(25-15)24-14-11-17-9-12-23-13-10-17)28(16(2)26-19)21(29-3)18-7-5-4-6-8-18/h4-10,12-13,21H,11,14H2,1-3H3,(H,24,25,27). The van der Waals surface area contributed by atoms with E-state index in [2.05, 4.69) is 15.3 Å². The van der Waals surface area contributed by atoms with Crippen molar-refractivity contribution in [3.63, 3.8) is 0 Å². The molecule has 4 aromatic rings. The van der Waals surface area contributed by atoms with Gasteiger partial charge in [-0.2, -0.15) is 4.98 Å². The molecule has 0 saturated heterocycles. The summed E-state index contributed by atoms with van der Waals surface area (Å²) in [6, 6.07) is 14.1. The summed E-state index contributed by atoms with van der Waals surface area (Å²) in [6.45, 7) is 4.65. The summed E-state index contributed by atoms with van der Waals surface area (Å²) < 4.78 is 7.85. The largest absolute Gasteiger partial charge is 0.357 e. The van der Waals surface area contributed by atoms with Crippen molar-refractivity contribution in [1.29, 1.82) is 0 Å². The second-order valence-electron chi connectivity index (χ2n) is 6.86. The first kappa shape index (κ1) is 19.0. The number of aromatic nitrogens is 5. The van der Waals surface area contributed by atoms with E-state index in [1.807, 2.05) is 60.9 Å². The molecule has 0 aliphatic carbocycles. The quantitative estimate of drug-likeness (QED) is 0.520. The molecule has 0 spiro atoms. The Morgan fingerprint density at radius 1 is 1.00 bits per heavy atom. The lowest BCUT2D eigenvalue weighted by molar-refractivity contribution is 0.0797. The topological polar surface area (TPSA) is 77.8 Å². The van der Waals surface area contributed by atoms with Gasteiger partial charge in [0.25, 0.3) is 0 Å². The van der Waals surface area contributed by atoms with Gasteiger partial charge in [0.05, 0.1) is 5.69 Å². The van der Waals surface area contributed by atoms with Crippen LogP contribution in [0.1, 0.15) is 28.9 Å². The van der Waals surface area contributed by atoms with E-state index in [-0.39, 0.29) is 6.23 Å². The second kappa shape index (κ2) is 8.36. The number of imidazole rings is 1. The third kappa shape index (κ3) is 3.95. The first-order valence-electron chi connectivity index (χ1n) is 9.61. The van der Waals surface area contributed by atoms with Gasteiger partial charge >= 0.3 is 0 Å². The van der Waals surface area contributed by atoms with Gasteiger partial charge in [0.15, 0.2) is 11.9 Å². The Morgan fingerprint density at radius 2 is 1.76 bits per heavy atom. The molecule has 7 nitrogen and oxygen atoms in total. The van der Waals surface area contributed by atoms with Gasteiger partial charge in [-0.15, -0.1) is 0 Å². The molecule has 0 saturated carbocycles. The monoisotopic (exact) mass is 388 g/mol. The number of anilines is 1. The number of benzene rings is 1. The van der Waals surface area contributed by atoms with E-state index >= 15 is 0 Å². The Morgan fingerprint density at radius 3 is 2.48 bits per heavy atom. The lowest BCUT2D eigenvalue weighted by Crippen LogP contribution is -2.15. The van der Waals surface area contributed by atoms with Gasteiger partial charge < -0.3 is 10.1 Å². The maximum absolute atomic E-state index is 5.82. The molecule has 0 amide bonds. The number of rotatable bonds is 7. The number of nitrogens with zero attached hydrogens (tertiary/aromatic N) is 5. The van der Waals surface area contributed by atoms with E-state index in [4.69, 9.17) is 14.7 Å². The molecule has 1 N–H and O–H groups in total. The summed E-state index contributed by atoms with van der Waals surface area (Å²) in [6.07, 6.45) is 4.17. The Balaban J connectivity index is 1.66. The van der Waals surface area contributed by atoms with Gasteiger partial charge in [0, 0.05) is 31.6 Å². The zero-order valence-corrected chi connectivity index (χ0v) is 16.8. The number of ether oxygens (including phenoxy) is 1. The van der Waals surface area contributed by atoms with E-state index in [0.717, 1.165) is 41.2 Å². The molecule has 3 aromatic heterocycles. The molecule has 0 radical (unpaired) electrons. The molecule has 3 heterocycles. The Hall–Kier alpha value is -3.32. The number of fused-ring (bicyclic) bond motifs is 1. The van der Waals surface area contributed by atoms with E-state index in [1.165, 1.54) is 5.56 Å². The highest BCUT2D eigenvalue weighted by atomic mass is 16.5. The molecule has 7 heteroatoms. The minimum atomic E-state index is -0.305. The molecule has 1 unspecified atom stereocenters. The number of methoxy groups -OCH3 is 1. The molecule has 1 atom stereocenters. The molecule has 29 heavy (non-hydrogen) atoms. The first-order valence-corrected chi connectivity index (χ1v) is 9.61. The van der Waals surface area contributed by atoms with Gasteiger partial charge in [-0.05, 0) is 38.0 Å². The smallest absolute Gasteiger partial charge is 0.225 e. The summed E-state index contributed by atoms with van der Waals surface area (Å²) in [7, 11) is 1.70. The van der Waals surface area contributed by atoms with Crippen molar-refractivity contribution in [1.82, 2.24) is 24.5 Å². The molecule has 0 aliphatic heterocycles. The Labute approximate surface area is 169 Å². The Bertz CT molecular complexity index is 1090. The fraction of sp³-hybridized carbons (Fsp3) is 0.273. The lowest BCUT2D eigenvalue weighted by Gasteiger charge is -2.19. The predicted molar refractivity (Wildman–Crippen MR) is 113 cm³/mol. The van der Waals surface area contributed by atoms with Gasteiger partial charge in [-0.25, -0.2) is 9.97 Å². The number of hydrogen-bond donors (Lipinski definition) is 1. The molecular weight excluding hydrogens is 364 g/mol. The summed E-state index contributed by atoms with van der Waals surface area (Å²) in [5.74, 6) is 1.43. The van der Waals surface area contributed by atoms with Crippen molar-refractivity contribution in [2.75, 3.05) is 19.0 Å². The van der Waals surface area contributed by atoms with E-state index in [0.29, 0.717) is 5.95 Å². The van der Waals surface area contributed by atoms with E-state index in [1.54, 1.807) is 19.5 Å². The fourth-order valence-electron chi connectivity index (χ4n) is 3.46. The van der Waals surface area contributed by atoms with Gasteiger partial charge in [0.1, 0.15) is 11.3 Å². The molecule has 4 rings (SSSR count). The summed E-state index contributed by atoms with van der Waals surface area (Å²) >= 11 is 0. The van der Waals surface area contributed by atoms with Crippen LogP contribution >= 0.6 is 0 Å². The summed E-state index contributed by atoms with van der Waals surface area (Å²) in [4.78, 5) is 18.1. The highest BCUT2D eigenvalue weighted by Crippen LogP contribution is 2.27. The molecule has 0 aliphatic rings. The zero-order chi connectivity index (χ0) is 20.2. The lowest BCUT2D eigenvalue weighted by atomic mass is 10.2. The normalized spacial score (nSPS) is 12.2. The maximum atomic E-state index is 5.82. The average Bonchev–Trinajstić information content (AvgIpc) is 3.07. The van der Waals surface area contributed by atoms with Crippen molar-refractivity contribution < 1.29 is 4.74 Å². The van der Waals surface area contributed by atoms with Crippen molar-refractivity contribution in [3.05, 3.63) is 77.5 Å². The van der Waals surface area contributed by atoms with Crippen molar-refractivity contribution in [3.8, 4) is 0 Å². The third-order valence-corrected chi connectivity index (χ3v) is 4.88. The van der Waals surface area contributed by atoms with Crippen LogP contribution < -0.4 is 5.32 Å². The number of hydrogen-bond acceptors (Lipinski definition) is 6. The van der Waals surface area contributed by atoms with Crippen molar-refractivity contribution >= 4 is 17.1 Å². The van der Waals surface area contributed by atoms with Crippen LogP contribution in [0.4, 0.5) is 5.95 Å². The van der Waals surface area contributed by atoms with Crippen LogP contribution in [0.25, 0.3) is 11.2 Å². The fourth-order valence-corrected chi connectivity index (χ4v) is 3.46. The SMILES string of the molecule is COC(c1ccccc1)n1c(C)nc2c(C)nc(NCCc3ccncc3)nc21. The van der Waals surface area contributed by atoms with Crippen molar-refractivity contribution in [2.45, 2.75) is 26.5 Å². The molecular formula is C22H24N6O. The van der Waals surface area contributed by atoms with E-state index < -0.39 is 0 Å². The Kier molecular flexibility index (Phi) is 5.48. The third-order valence-electron chi connectivity index (χ3n) is 4.88. The highest BCUT2D eigenvalue weighted by Gasteiger charge is 2.21. The zero-order valence-electron chi connectivity index (χ0n) is 16.8. The van der Waals surface area contributed by atoms with Crippen LogP contribution in [0.3, 0.4) is 0 Å².